The summed E-state index contributed by atoms with van der Waals surface area (Å²) in [7, 11) is 1.62. The van der Waals surface area contributed by atoms with Gasteiger partial charge in [0.15, 0.2) is 0 Å². The number of benzene rings is 1. The molecule has 0 radical (unpaired) electrons. The average molecular weight is 412 g/mol. The Hall–Kier alpha value is -3.13. The number of piperidine rings is 1. The maximum absolute atomic E-state index is 12.6. The Bertz CT molecular complexity index is 1010. The summed E-state index contributed by atoms with van der Waals surface area (Å²) in [5, 5.41) is 8.68. The standard InChI is InChI=1S/C22H24N2O6/c1-29-17-4-2-15(3-5-17)18-6-7-19(25)24-10-14-8-16(22(18)24)11-23(9-14)20(26)12-30-13-21(27)28/h2-7,14,16H,8-13H2,1H3,(H,27,28)/t14-,16+/m0/s1. The predicted octanol–water partition coefficient (Wildman–Crippen LogP) is 1.57. The lowest BCUT2D eigenvalue weighted by Crippen LogP contribution is -2.50. The first-order valence-corrected chi connectivity index (χ1v) is 9.91. The van der Waals surface area contributed by atoms with Crippen LogP contribution in [0.15, 0.2) is 41.2 Å². The molecule has 2 bridgehead atoms. The minimum absolute atomic E-state index is 0.0264. The Morgan fingerprint density at radius 3 is 2.53 bits per heavy atom. The number of methoxy groups -OCH3 is 1. The molecule has 1 amide bonds. The summed E-state index contributed by atoms with van der Waals surface area (Å²) in [5.41, 5.74) is 2.90. The number of carbonyl (C=O) groups is 2. The molecule has 0 unspecified atom stereocenters. The number of pyridine rings is 1. The van der Waals surface area contributed by atoms with Gasteiger partial charge in [-0.15, -0.1) is 0 Å². The number of hydrogen-bond acceptors (Lipinski definition) is 5. The molecule has 3 heterocycles. The SMILES string of the molecule is COc1ccc(-c2ccc(=O)n3c2[C@@H]2C[C@@H](CN(C(=O)COCC(=O)O)C2)C3)cc1. The average Bonchev–Trinajstić information content (AvgIpc) is 2.74. The minimum Gasteiger partial charge on any atom is -0.497 e. The van der Waals surface area contributed by atoms with E-state index in [-0.39, 0.29) is 29.9 Å². The molecular weight excluding hydrogens is 388 g/mol. The van der Waals surface area contributed by atoms with Crippen molar-refractivity contribution in [2.75, 3.05) is 33.4 Å². The van der Waals surface area contributed by atoms with Gasteiger partial charge in [0.25, 0.3) is 5.56 Å². The van der Waals surface area contributed by atoms with Gasteiger partial charge in [-0.2, -0.15) is 0 Å². The van der Waals surface area contributed by atoms with Crippen molar-refractivity contribution in [2.45, 2.75) is 18.9 Å². The quantitative estimate of drug-likeness (QED) is 0.774. The highest BCUT2D eigenvalue weighted by Gasteiger charge is 2.37. The predicted molar refractivity (Wildman–Crippen MR) is 109 cm³/mol. The van der Waals surface area contributed by atoms with Crippen LogP contribution in [0.5, 0.6) is 5.75 Å². The summed E-state index contributed by atoms with van der Waals surface area (Å²) < 4.78 is 12.1. The molecule has 30 heavy (non-hydrogen) atoms. The Balaban J connectivity index is 1.62. The monoisotopic (exact) mass is 412 g/mol. The van der Waals surface area contributed by atoms with Gasteiger partial charge in [0, 0.05) is 42.9 Å². The molecule has 158 valence electrons. The Morgan fingerprint density at radius 2 is 1.83 bits per heavy atom. The van der Waals surface area contributed by atoms with Gasteiger partial charge in [0.05, 0.1) is 7.11 Å². The van der Waals surface area contributed by atoms with E-state index in [4.69, 9.17) is 14.6 Å². The Kier molecular flexibility index (Phi) is 5.59. The van der Waals surface area contributed by atoms with Gasteiger partial charge in [0.2, 0.25) is 5.91 Å². The van der Waals surface area contributed by atoms with Gasteiger partial charge in [-0.1, -0.05) is 12.1 Å². The van der Waals surface area contributed by atoms with Crippen LogP contribution >= 0.6 is 0 Å². The number of carboxylic acids is 1. The van der Waals surface area contributed by atoms with Gasteiger partial charge in [-0.25, -0.2) is 4.79 Å². The fourth-order valence-electron chi connectivity index (χ4n) is 4.55. The summed E-state index contributed by atoms with van der Waals surface area (Å²) >= 11 is 0. The summed E-state index contributed by atoms with van der Waals surface area (Å²) in [6, 6.07) is 11.2. The number of carbonyl (C=O) groups excluding carboxylic acids is 1. The maximum atomic E-state index is 12.6. The fourth-order valence-corrected chi connectivity index (χ4v) is 4.55. The van der Waals surface area contributed by atoms with Gasteiger partial charge in [0.1, 0.15) is 19.0 Å². The summed E-state index contributed by atoms with van der Waals surface area (Å²) in [4.78, 5) is 37.5. The van der Waals surface area contributed by atoms with Crippen molar-refractivity contribution >= 4 is 11.9 Å². The first-order chi connectivity index (χ1) is 14.5. The molecule has 2 aromatic rings. The van der Waals surface area contributed by atoms with Crippen molar-refractivity contribution in [3.05, 3.63) is 52.4 Å². The third-order valence-electron chi connectivity index (χ3n) is 5.79. The van der Waals surface area contributed by atoms with Crippen molar-refractivity contribution in [3.8, 4) is 16.9 Å². The topological polar surface area (TPSA) is 98.1 Å². The largest absolute Gasteiger partial charge is 0.497 e. The molecule has 2 atom stereocenters. The van der Waals surface area contributed by atoms with E-state index in [0.717, 1.165) is 29.0 Å². The molecular formula is C22H24N2O6. The molecule has 2 aliphatic heterocycles. The number of aliphatic carboxylic acids is 1. The van der Waals surface area contributed by atoms with E-state index in [1.165, 1.54) is 0 Å². The van der Waals surface area contributed by atoms with Crippen LogP contribution in [0.1, 0.15) is 18.0 Å². The molecule has 1 aromatic heterocycles. The molecule has 1 N–H and O–H groups in total. The molecule has 1 saturated heterocycles. The van der Waals surface area contributed by atoms with E-state index < -0.39 is 12.6 Å². The van der Waals surface area contributed by atoms with Crippen LogP contribution in [0.4, 0.5) is 0 Å². The number of aromatic nitrogens is 1. The number of likely N-dealkylation sites (tertiary alicyclic amines) is 1. The fraction of sp³-hybridized carbons (Fsp3) is 0.409. The number of carboxylic acid groups (broad SMARTS) is 1. The smallest absolute Gasteiger partial charge is 0.329 e. The summed E-state index contributed by atoms with van der Waals surface area (Å²) in [6.07, 6.45) is 0.909. The lowest BCUT2D eigenvalue weighted by atomic mass is 9.80. The van der Waals surface area contributed by atoms with Crippen LogP contribution < -0.4 is 10.3 Å². The molecule has 0 aliphatic carbocycles. The Morgan fingerprint density at radius 1 is 1.07 bits per heavy atom. The highest BCUT2D eigenvalue weighted by molar-refractivity contribution is 5.78. The van der Waals surface area contributed by atoms with Crippen molar-refractivity contribution in [1.82, 2.24) is 9.47 Å². The normalized spacial score (nSPS) is 19.8. The number of nitrogens with zero attached hydrogens (tertiary/aromatic N) is 2. The lowest BCUT2D eigenvalue weighted by molar-refractivity contribution is -0.146. The molecule has 8 nitrogen and oxygen atoms in total. The van der Waals surface area contributed by atoms with Crippen LogP contribution in [0, 0.1) is 5.92 Å². The van der Waals surface area contributed by atoms with E-state index in [1.54, 1.807) is 18.1 Å². The van der Waals surface area contributed by atoms with Crippen LogP contribution in [-0.2, 0) is 20.9 Å². The molecule has 0 spiro atoms. The van der Waals surface area contributed by atoms with Gasteiger partial charge >= 0.3 is 5.97 Å². The Labute approximate surface area is 173 Å². The van der Waals surface area contributed by atoms with Crippen LogP contribution in [0.3, 0.4) is 0 Å². The second kappa shape index (κ2) is 8.31. The first-order valence-electron chi connectivity index (χ1n) is 9.91. The molecule has 1 fully saturated rings. The highest BCUT2D eigenvalue weighted by Crippen LogP contribution is 2.40. The summed E-state index contributed by atoms with van der Waals surface area (Å²) in [6.45, 7) is 0.849. The first kappa shape index (κ1) is 20.2. The number of ether oxygens (including phenoxy) is 2. The van der Waals surface area contributed by atoms with Gasteiger partial charge in [-0.3, -0.25) is 9.59 Å². The number of amides is 1. The maximum Gasteiger partial charge on any atom is 0.329 e. The van der Waals surface area contributed by atoms with Crippen molar-refractivity contribution in [1.29, 1.82) is 0 Å². The van der Waals surface area contributed by atoms with E-state index in [2.05, 4.69) is 0 Å². The third kappa shape index (κ3) is 3.95. The lowest BCUT2D eigenvalue weighted by Gasteiger charge is -2.43. The highest BCUT2D eigenvalue weighted by atomic mass is 16.5. The molecule has 8 heteroatoms. The zero-order valence-electron chi connectivity index (χ0n) is 16.7. The molecule has 2 aliphatic rings. The van der Waals surface area contributed by atoms with E-state index >= 15 is 0 Å². The summed E-state index contributed by atoms with van der Waals surface area (Å²) in [5.74, 6) is -0.341. The number of rotatable bonds is 6. The number of fused-ring (bicyclic) bond motifs is 4. The van der Waals surface area contributed by atoms with E-state index in [0.29, 0.717) is 19.6 Å². The zero-order chi connectivity index (χ0) is 21.3. The second-order valence-corrected chi connectivity index (χ2v) is 7.79. The van der Waals surface area contributed by atoms with Crippen molar-refractivity contribution < 1.29 is 24.2 Å². The van der Waals surface area contributed by atoms with Crippen molar-refractivity contribution in [3.63, 3.8) is 0 Å². The second-order valence-electron chi connectivity index (χ2n) is 7.79. The van der Waals surface area contributed by atoms with E-state index in [9.17, 15) is 14.4 Å². The van der Waals surface area contributed by atoms with Gasteiger partial charge < -0.3 is 24.0 Å². The number of hydrogen-bond donors (Lipinski definition) is 1. The molecule has 1 aromatic carbocycles. The van der Waals surface area contributed by atoms with Crippen LogP contribution in [0.25, 0.3) is 11.1 Å². The van der Waals surface area contributed by atoms with Gasteiger partial charge in [-0.05, 0) is 36.1 Å². The van der Waals surface area contributed by atoms with E-state index in [1.807, 2.05) is 34.9 Å². The molecule has 4 rings (SSSR count). The van der Waals surface area contributed by atoms with Crippen LogP contribution in [0.2, 0.25) is 0 Å². The third-order valence-corrected chi connectivity index (χ3v) is 5.79. The van der Waals surface area contributed by atoms with Crippen molar-refractivity contribution in [2.24, 2.45) is 5.92 Å². The van der Waals surface area contributed by atoms with Crippen LogP contribution in [-0.4, -0.2) is 59.9 Å². The zero-order valence-corrected chi connectivity index (χ0v) is 16.7. The minimum atomic E-state index is -1.10. The molecule has 0 saturated carbocycles.